The van der Waals surface area contributed by atoms with Gasteiger partial charge in [-0.05, 0) is 38.3 Å². The minimum Gasteiger partial charge on any atom is -0.366 e. The van der Waals surface area contributed by atoms with Crippen LogP contribution in [0.1, 0.15) is 25.7 Å². The Balaban J connectivity index is 1.71. The van der Waals surface area contributed by atoms with Gasteiger partial charge in [0.15, 0.2) is 5.82 Å². The molecule has 2 fully saturated rings. The Kier molecular flexibility index (Phi) is 4.21. The monoisotopic (exact) mass is 315 g/mol. The topological polar surface area (TPSA) is 66.2 Å². The van der Waals surface area contributed by atoms with Crippen molar-refractivity contribution in [3.63, 3.8) is 0 Å². The van der Waals surface area contributed by atoms with E-state index in [1.54, 1.807) is 6.07 Å². The van der Waals surface area contributed by atoms with E-state index in [9.17, 15) is 0 Å². The third-order valence-corrected chi connectivity index (χ3v) is 4.80. The quantitative estimate of drug-likeness (QED) is 0.591. The molecule has 2 aliphatic heterocycles. The lowest BCUT2D eigenvalue weighted by atomic mass is 9.97. The van der Waals surface area contributed by atoms with Crippen molar-refractivity contribution < 1.29 is 0 Å². The maximum absolute atomic E-state index is 6.20. The number of hydrogen-bond donors (Lipinski definition) is 3. The lowest BCUT2D eigenvalue weighted by molar-refractivity contribution is 0.188. The highest BCUT2D eigenvalue weighted by atomic mass is 35.5. The van der Waals surface area contributed by atoms with Crippen LogP contribution in [-0.4, -0.2) is 35.1 Å². The molecule has 0 aliphatic carbocycles. The Morgan fingerprint density at radius 1 is 1.20 bits per heavy atom. The molecule has 2 atom stereocenters. The van der Waals surface area contributed by atoms with Crippen molar-refractivity contribution in [1.82, 2.24) is 9.88 Å². The average Bonchev–Trinajstić information content (AvgIpc) is 2.89. The van der Waals surface area contributed by atoms with E-state index in [0.29, 0.717) is 33.8 Å². The molecule has 2 unspecified atom stereocenters. The van der Waals surface area contributed by atoms with Crippen LogP contribution in [0.5, 0.6) is 0 Å². The predicted octanol–water partition coefficient (Wildman–Crippen LogP) is 2.71. The summed E-state index contributed by atoms with van der Waals surface area (Å²) in [5, 5.41) is 4.39. The lowest BCUT2D eigenvalue weighted by Gasteiger charge is -2.35. The van der Waals surface area contributed by atoms with Gasteiger partial charge in [0.25, 0.3) is 0 Å². The minimum absolute atomic E-state index is 0.408. The summed E-state index contributed by atoms with van der Waals surface area (Å²) in [5.41, 5.74) is 2.49. The van der Waals surface area contributed by atoms with Crippen LogP contribution >= 0.6 is 23.2 Å². The summed E-state index contributed by atoms with van der Waals surface area (Å²) in [6.45, 7) is 2.40. The Labute approximate surface area is 128 Å². The SMILES string of the molecule is NNc1nc(NC2CCN3CCCC3C2)c(Cl)cc1Cl. The summed E-state index contributed by atoms with van der Waals surface area (Å²) in [4.78, 5) is 6.93. The van der Waals surface area contributed by atoms with Crippen LogP contribution < -0.4 is 16.6 Å². The number of halogens is 2. The molecule has 0 saturated carbocycles. The van der Waals surface area contributed by atoms with Crippen molar-refractivity contribution in [2.45, 2.75) is 37.8 Å². The fourth-order valence-corrected chi connectivity index (χ4v) is 3.69. The maximum atomic E-state index is 6.20. The molecule has 110 valence electrons. The number of hydrogen-bond acceptors (Lipinski definition) is 5. The summed E-state index contributed by atoms with van der Waals surface area (Å²) in [6, 6.07) is 2.78. The predicted molar refractivity (Wildman–Crippen MR) is 83.3 cm³/mol. The number of aromatic nitrogens is 1. The van der Waals surface area contributed by atoms with Crippen LogP contribution in [0.2, 0.25) is 10.0 Å². The summed E-state index contributed by atoms with van der Waals surface area (Å²) in [5.74, 6) is 6.49. The van der Waals surface area contributed by atoms with Gasteiger partial charge in [-0.15, -0.1) is 0 Å². The van der Waals surface area contributed by atoms with Crippen molar-refractivity contribution >= 4 is 34.8 Å². The molecule has 2 aliphatic rings. The molecular weight excluding hydrogens is 297 g/mol. The molecule has 2 saturated heterocycles. The van der Waals surface area contributed by atoms with Crippen LogP contribution in [0.15, 0.2) is 6.07 Å². The highest BCUT2D eigenvalue weighted by molar-refractivity contribution is 6.37. The number of hydrazine groups is 1. The van der Waals surface area contributed by atoms with Crippen LogP contribution in [0.3, 0.4) is 0 Å². The normalized spacial score (nSPS) is 26.4. The Morgan fingerprint density at radius 2 is 2.00 bits per heavy atom. The summed E-state index contributed by atoms with van der Waals surface area (Å²) >= 11 is 12.2. The van der Waals surface area contributed by atoms with E-state index in [2.05, 4.69) is 20.6 Å². The molecule has 20 heavy (non-hydrogen) atoms. The van der Waals surface area contributed by atoms with Crippen molar-refractivity contribution in [2.75, 3.05) is 23.8 Å². The number of fused-ring (bicyclic) bond motifs is 1. The molecular formula is C13H19Cl2N5. The molecule has 0 bridgehead atoms. The molecule has 3 heterocycles. The second-order valence-electron chi connectivity index (χ2n) is 5.49. The third-order valence-electron chi connectivity index (χ3n) is 4.23. The molecule has 0 aromatic carbocycles. The highest BCUT2D eigenvalue weighted by Crippen LogP contribution is 2.32. The van der Waals surface area contributed by atoms with E-state index in [1.165, 1.54) is 19.4 Å². The zero-order valence-electron chi connectivity index (χ0n) is 11.2. The first kappa shape index (κ1) is 14.2. The number of nitrogens with one attached hydrogen (secondary N) is 2. The van der Waals surface area contributed by atoms with E-state index in [4.69, 9.17) is 29.0 Å². The fourth-order valence-electron chi connectivity index (χ4n) is 3.22. The van der Waals surface area contributed by atoms with Gasteiger partial charge in [0.2, 0.25) is 0 Å². The van der Waals surface area contributed by atoms with Gasteiger partial charge in [-0.3, -0.25) is 0 Å². The van der Waals surface area contributed by atoms with E-state index in [-0.39, 0.29) is 0 Å². The first-order valence-corrected chi connectivity index (χ1v) is 7.76. The maximum Gasteiger partial charge on any atom is 0.161 e. The van der Waals surface area contributed by atoms with Crippen molar-refractivity contribution in [2.24, 2.45) is 5.84 Å². The zero-order chi connectivity index (χ0) is 14.1. The lowest BCUT2D eigenvalue weighted by Crippen LogP contribution is -2.42. The first-order valence-electron chi connectivity index (χ1n) is 7.00. The van der Waals surface area contributed by atoms with Crippen molar-refractivity contribution in [3.05, 3.63) is 16.1 Å². The molecule has 0 amide bonds. The van der Waals surface area contributed by atoms with Gasteiger partial charge in [-0.2, -0.15) is 0 Å². The van der Waals surface area contributed by atoms with Gasteiger partial charge in [-0.25, -0.2) is 10.8 Å². The molecule has 1 aromatic heterocycles. The number of nitrogen functional groups attached to an aromatic ring is 1. The number of anilines is 2. The molecule has 5 nitrogen and oxygen atoms in total. The van der Waals surface area contributed by atoms with Crippen LogP contribution in [0.4, 0.5) is 11.6 Å². The molecule has 7 heteroatoms. The number of pyridine rings is 1. The standard InChI is InChI=1S/C13H19Cl2N5/c14-10-7-11(15)13(19-16)18-12(10)17-8-3-5-20-4-1-2-9(20)6-8/h7-9H,1-6,16H2,(H2,17,18,19). The smallest absolute Gasteiger partial charge is 0.161 e. The summed E-state index contributed by atoms with van der Waals surface area (Å²) in [7, 11) is 0. The zero-order valence-corrected chi connectivity index (χ0v) is 12.7. The van der Waals surface area contributed by atoms with Crippen molar-refractivity contribution in [1.29, 1.82) is 0 Å². The summed E-state index contributed by atoms with van der Waals surface area (Å²) in [6.07, 6.45) is 4.88. The van der Waals surface area contributed by atoms with E-state index >= 15 is 0 Å². The molecule has 1 aromatic rings. The van der Waals surface area contributed by atoms with Gasteiger partial charge in [-0.1, -0.05) is 23.2 Å². The van der Waals surface area contributed by atoms with E-state index in [0.717, 1.165) is 19.4 Å². The van der Waals surface area contributed by atoms with E-state index in [1.807, 2.05) is 0 Å². The molecule has 4 N–H and O–H groups in total. The third kappa shape index (κ3) is 2.81. The fraction of sp³-hybridized carbons (Fsp3) is 0.615. The van der Waals surface area contributed by atoms with Crippen LogP contribution in [0.25, 0.3) is 0 Å². The van der Waals surface area contributed by atoms with Crippen LogP contribution in [-0.2, 0) is 0 Å². The minimum atomic E-state index is 0.408. The second-order valence-corrected chi connectivity index (χ2v) is 6.31. The Morgan fingerprint density at radius 3 is 2.80 bits per heavy atom. The van der Waals surface area contributed by atoms with Gasteiger partial charge in [0.1, 0.15) is 5.82 Å². The van der Waals surface area contributed by atoms with Gasteiger partial charge in [0.05, 0.1) is 10.0 Å². The number of nitrogens with zero attached hydrogens (tertiary/aromatic N) is 2. The number of piperidine rings is 1. The van der Waals surface area contributed by atoms with Gasteiger partial charge in [0, 0.05) is 18.6 Å². The second kappa shape index (κ2) is 5.93. The molecule has 3 rings (SSSR count). The van der Waals surface area contributed by atoms with E-state index < -0.39 is 0 Å². The Hall–Kier alpha value is -0.750. The molecule has 0 radical (unpaired) electrons. The van der Waals surface area contributed by atoms with Gasteiger partial charge < -0.3 is 15.6 Å². The largest absolute Gasteiger partial charge is 0.366 e. The number of nitrogens with two attached hydrogens (primary N) is 1. The van der Waals surface area contributed by atoms with Crippen molar-refractivity contribution in [3.8, 4) is 0 Å². The highest BCUT2D eigenvalue weighted by Gasteiger charge is 2.31. The average molecular weight is 316 g/mol. The Bertz CT molecular complexity index is 496. The molecule has 0 spiro atoms. The first-order chi connectivity index (χ1) is 9.67. The van der Waals surface area contributed by atoms with Crippen LogP contribution in [0, 0.1) is 0 Å². The summed E-state index contributed by atoms with van der Waals surface area (Å²) < 4.78 is 0. The number of rotatable bonds is 3. The van der Waals surface area contributed by atoms with Gasteiger partial charge >= 0.3 is 0 Å².